The molecule has 2 atom stereocenters. The Morgan fingerprint density at radius 1 is 1.20 bits per heavy atom. The molecular weight excluding hydrogens is 188 g/mol. The molecule has 15 heavy (non-hydrogen) atoms. The fourth-order valence-corrected chi connectivity index (χ4v) is 1.52. The molecule has 0 radical (unpaired) electrons. The Hall–Kier alpha value is -0.860. The Morgan fingerprint density at radius 3 is 2.47 bits per heavy atom. The number of hydrogen-bond acceptors (Lipinski definition) is 2. The average Bonchev–Trinajstić information content (AvgIpc) is 2.27. The van der Waals surface area contributed by atoms with Gasteiger partial charge in [0.25, 0.3) is 0 Å². The number of rotatable bonds is 6. The summed E-state index contributed by atoms with van der Waals surface area (Å²) in [7, 11) is 0. The van der Waals surface area contributed by atoms with Crippen LogP contribution in [0.4, 0.5) is 0 Å². The Bertz CT molecular complexity index is 258. The molecule has 0 aromatic heterocycles. The van der Waals surface area contributed by atoms with E-state index in [0.717, 1.165) is 6.42 Å². The Kier molecular flexibility index (Phi) is 5.37. The maximum Gasteiger partial charge on any atom is 0.0720 e. The van der Waals surface area contributed by atoms with Crippen LogP contribution in [0.2, 0.25) is 0 Å². The lowest BCUT2D eigenvalue weighted by Gasteiger charge is -2.16. The van der Waals surface area contributed by atoms with Gasteiger partial charge in [-0.2, -0.15) is 0 Å². The van der Waals surface area contributed by atoms with Crippen molar-refractivity contribution in [2.24, 2.45) is 5.92 Å². The number of aliphatic hydroxyl groups is 1. The minimum Gasteiger partial charge on any atom is -0.396 e. The molecule has 0 aliphatic carbocycles. The maximum absolute atomic E-state index is 8.91. The Labute approximate surface area is 91.9 Å². The molecule has 0 saturated heterocycles. The largest absolute Gasteiger partial charge is 0.396 e. The van der Waals surface area contributed by atoms with E-state index in [1.54, 1.807) is 0 Å². The minimum atomic E-state index is 0.201. The molecule has 0 amide bonds. The van der Waals surface area contributed by atoms with E-state index in [0.29, 0.717) is 12.5 Å². The van der Waals surface area contributed by atoms with Crippen molar-refractivity contribution in [1.82, 2.24) is 0 Å². The summed E-state index contributed by atoms with van der Waals surface area (Å²) < 4.78 is 5.69. The molecule has 0 fully saturated rings. The fourth-order valence-electron chi connectivity index (χ4n) is 1.52. The number of hydrogen-bond donors (Lipinski definition) is 1. The van der Waals surface area contributed by atoms with Gasteiger partial charge in [0.05, 0.1) is 12.7 Å². The van der Waals surface area contributed by atoms with E-state index >= 15 is 0 Å². The standard InChI is InChI=1S/C13H20O2/c1-11(9-14)8-12(2)15-10-13-6-4-3-5-7-13/h3-7,11-12,14H,8-10H2,1-2H3/t11-,12-/m0/s1. The first-order valence-corrected chi connectivity index (χ1v) is 5.48. The van der Waals surface area contributed by atoms with Crippen molar-refractivity contribution in [3.8, 4) is 0 Å². The van der Waals surface area contributed by atoms with Gasteiger partial charge in [-0.25, -0.2) is 0 Å². The zero-order chi connectivity index (χ0) is 11.1. The number of benzene rings is 1. The third kappa shape index (κ3) is 4.96. The predicted octanol–water partition coefficient (Wildman–Crippen LogP) is 2.61. The normalized spacial score (nSPS) is 14.9. The molecule has 2 nitrogen and oxygen atoms in total. The summed E-state index contributed by atoms with van der Waals surface area (Å²) in [6.07, 6.45) is 1.11. The minimum absolute atomic E-state index is 0.201. The van der Waals surface area contributed by atoms with Crippen LogP contribution in [0, 0.1) is 5.92 Å². The quantitative estimate of drug-likeness (QED) is 0.778. The van der Waals surface area contributed by atoms with Gasteiger partial charge in [-0.15, -0.1) is 0 Å². The van der Waals surface area contributed by atoms with E-state index in [9.17, 15) is 0 Å². The van der Waals surface area contributed by atoms with E-state index in [2.05, 4.69) is 19.1 Å². The maximum atomic E-state index is 8.91. The molecule has 1 aromatic carbocycles. The molecule has 0 bridgehead atoms. The second kappa shape index (κ2) is 6.59. The lowest BCUT2D eigenvalue weighted by atomic mass is 10.1. The first-order chi connectivity index (χ1) is 7.22. The van der Waals surface area contributed by atoms with Gasteiger partial charge < -0.3 is 9.84 Å². The van der Waals surface area contributed by atoms with Crippen LogP contribution in [0.1, 0.15) is 25.8 Å². The summed E-state index contributed by atoms with van der Waals surface area (Å²) in [5, 5.41) is 8.91. The second-order valence-corrected chi connectivity index (χ2v) is 4.13. The lowest BCUT2D eigenvalue weighted by molar-refractivity contribution is 0.0317. The van der Waals surface area contributed by atoms with Crippen molar-refractivity contribution in [3.63, 3.8) is 0 Å². The predicted molar refractivity (Wildman–Crippen MR) is 61.6 cm³/mol. The summed E-state index contributed by atoms with van der Waals surface area (Å²) in [6.45, 7) is 4.97. The van der Waals surface area contributed by atoms with Gasteiger partial charge in [-0.3, -0.25) is 0 Å². The molecule has 1 aromatic rings. The fraction of sp³-hybridized carbons (Fsp3) is 0.538. The number of aliphatic hydroxyl groups excluding tert-OH is 1. The van der Waals surface area contributed by atoms with Gasteiger partial charge in [0, 0.05) is 6.61 Å². The molecule has 1 N–H and O–H groups in total. The van der Waals surface area contributed by atoms with E-state index in [1.165, 1.54) is 5.56 Å². The molecule has 0 unspecified atom stereocenters. The summed E-state index contributed by atoms with van der Waals surface area (Å²) in [5.74, 6) is 0.316. The van der Waals surface area contributed by atoms with Crippen molar-refractivity contribution in [2.45, 2.75) is 33.0 Å². The summed E-state index contributed by atoms with van der Waals surface area (Å²) in [4.78, 5) is 0. The van der Waals surface area contributed by atoms with Crippen molar-refractivity contribution in [1.29, 1.82) is 0 Å². The summed E-state index contributed by atoms with van der Waals surface area (Å²) >= 11 is 0. The highest BCUT2D eigenvalue weighted by molar-refractivity contribution is 5.13. The molecule has 0 aliphatic heterocycles. The van der Waals surface area contributed by atoms with Gasteiger partial charge in [-0.1, -0.05) is 37.3 Å². The third-order valence-corrected chi connectivity index (χ3v) is 2.42. The lowest BCUT2D eigenvalue weighted by Crippen LogP contribution is -2.14. The van der Waals surface area contributed by atoms with Gasteiger partial charge in [0.1, 0.15) is 0 Å². The summed E-state index contributed by atoms with van der Waals surface area (Å²) in [5.41, 5.74) is 1.20. The average molecular weight is 208 g/mol. The first kappa shape index (κ1) is 12.2. The van der Waals surface area contributed by atoms with Crippen molar-refractivity contribution >= 4 is 0 Å². The van der Waals surface area contributed by atoms with Crippen LogP contribution in [-0.2, 0) is 11.3 Å². The molecule has 84 valence electrons. The first-order valence-electron chi connectivity index (χ1n) is 5.48. The zero-order valence-electron chi connectivity index (χ0n) is 9.52. The SMILES string of the molecule is C[C@H](CO)C[C@H](C)OCc1ccccc1. The van der Waals surface area contributed by atoms with Gasteiger partial charge in [0.2, 0.25) is 0 Å². The highest BCUT2D eigenvalue weighted by atomic mass is 16.5. The van der Waals surface area contributed by atoms with Crippen LogP contribution in [0.25, 0.3) is 0 Å². The second-order valence-electron chi connectivity index (χ2n) is 4.13. The molecule has 2 heteroatoms. The molecule has 0 heterocycles. The van der Waals surface area contributed by atoms with Crippen molar-refractivity contribution in [3.05, 3.63) is 35.9 Å². The molecule has 0 saturated carbocycles. The van der Waals surface area contributed by atoms with Crippen LogP contribution in [0.15, 0.2) is 30.3 Å². The topological polar surface area (TPSA) is 29.5 Å². The van der Waals surface area contributed by atoms with E-state index in [4.69, 9.17) is 9.84 Å². The molecule has 0 spiro atoms. The van der Waals surface area contributed by atoms with Gasteiger partial charge in [0.15, 0.2) is 0 Å². The highest BCUT2D eigenvalue weighted by Gasteiger charge is 2.07. The van der Waals surface area contributed by atoms with Crippen molar-refractivity contribution in [2.75, 3.05) is 6.61 Å². The summed E-state index contributed by atoms with van der Waals surface area (Å²) in [6, 6.07) is 10.1. The molecule has 1 rings (SSSR count). The van der Waals surface area contributed by atoms with Crippen LogP contribution in [0.3, 0.4) is 0 Å². The van der Waals surface area contributed by atoms with E-state index in [-0.39, 0.29) is 12.7 Å². The highest BCUT2D eigenvalue weighted by Crippen LogP contribution is 2.10. The van der Waals surface area contributed by atoms with E-state index in [1.807, 2.05) is 25.1 Å². The van der Waals surface area contributed by atoms with Crippen molar-refractivity contribution < 1.29 is 9.84 Å². The van der Waals surface area contributed by atoms with Crippen LogP contribution < -0.4 is 0 Å². The Balaban J connectivity index is 2.25. The molecular formula is C13H20O2. The third-order valence-electron chi connectivity index (χ3n) is 2.42. The monoisotopic (exact) mass is 208 g/mol. The smallest absolute Gasteiger partial charge is 0.0720 e. The molecule has 0 aliphatic rings. The number of ether oxygens (including phenoxy) is 1. The zero-order valence-corrected chi connectivity index (χ0v) is 9.52. The van der Waals surface area contributed by atoms with E-state index < -0.39 is 0 Å². The van der Waals surface area contributed by atoms with Gasteiger partial charge >= 0.3 is 0 Å². The van der Waals surface area contributed by atoms with Gasteiger partial charge in [-0.05, 0) is 24.8 Å². The van der Waals surface area contributed by atoms with Crippen LogP contribution in [-0.4, -0.2) is 17.8 Å². The van der Waals surface area contributed by atoms with Crippen LogP contribution in [0.5, 0.6) is 0 Å². The Morgan fingerprint density at radius 2 is 1.87 bits per heavy atom. The van der Waals surface area contributed by atoms with Crippen LogP contribution >= 0.6 is 0 Å².